The molecule has 0 aliphatic rings. The Balaban J connectivity index is 2.20. The number of amides is 1. The third kappa shape index (κ3) is 5.15. The minimum atomic E-state index is -3.77. The molecule has 0 bridgehead atoms. The summed E-state index contributed by atoms with van der Waals surface area (Å²) < 4.78 is 58.5. The molecule has 0 saturated carbocycles. The number of rotatable bonds is 6. The molecule has 0 atom stereocenters. The zero-order chi connectivity index (χ0) is 18.4. The molecule has 6 nitrogen and oxygen atoms in total. The monoisotopic (exact) mass is 370 g/mol. The fourth-order valence-electron chi connectivity index (χ4n) is 1.96. The first kappa shape index (κ1) is 18.7. The maximum Gasteiger partial charge on any atom is 0.417 e. The van der Waals surface area contributed by atoms with Crippen molar-refractivity contribution >= 4 is 27.5 Å². The van der Waals surface area contributed by atoms with Crippen molar-refractivity contribution in [2.45, 2.75) is 13.3 Å². The Bertz CT molecular complexity index is 858. The van der Waals surface area contributed by atoms with Gasteiger partial charge in [0.15, 0.2) is 5.82 Å². The summed E-state index contributed by atoms with van der Waals surface area (Å²) >= 11 is 0. The van der Waals surface area contributed by atoms with Crippen molar-refractivity contribution in [3.8, 4) is 5.75 Å². The van der Waals surface area contributed by atoms with Gasteiger partial charge in [0, 0.05) is 0 Å². The van der Waals surface area contributed by atoms with E-state index >= 15 is 0 Å². The minimum Gasteiger partial charge on any atom is -0.410 e. The molecule has 0 aromatic heterocycles. The number of hydrogen-bond acceptors (Lipinski definition) is 4. The number of carbonyl (C=O) groups excluding carboxylic acids is 1. The molecule has 25 heavy (non-hydrogen) atoms. The number of para-hydroxylation sites is 1. The van der Waals surface area contributed by atoms with E-state index in [4.69, 9.17) is 4.74 Å². The summed E-state index contributed by atoms with van der Waals surface area (Å²) in [5, 5.41) is 1.94. The quantitative estimate of drug-likeness (QED) is 0.811. The van der Waals surface area contributed by atoms with Gasteiger partial charge in [0.25, 0.3) is 0 Å². The van der Waals surface area contributed by atoms with Crippen LogP contribution in [-0.4, -0.2) is 20.3 Å². The van der Waals surface area contributed by atoms with Crippen LogP contribution >= 0.6 is 0 Å². The highest BCUT2D eigenvalue weighted by Gasteiger charge is 2.20. The van der Waals surface area contributed by atoms with Gasteiger partial charge in [-0.05, 0) is 30.7 Å². The van der Waals surface area contributed by atoms with Gasteiger partial charge >= 0.3 is 6.09 Å². The smallest absolute Gasteiger partial charge is 0.410 e. The lowest BCUT2D eigenvalue weighted by Crippen LogP contribution is -2.20. The van der Waals surface area contributed by atoms with Gasteiger partial charge in [-0.25, -0.2) is 22.0 Å². The van der Waals surface area contributed by atoms with Crippen molar-refractivity contribution in [2.75, 3.05) is 15.8 Å². The largest absolute Gasteiger partial charge is 0.417 e. The highest BCUT2D eigenvalue weighted by Crippen LogP contribution is 2.27. The summed E-state index contributed by atoms with van der Waals surface area (Å²) in [5.41, 5.74) is -1.28. The van der Waals surface area contributed by atoms with Crippen LogP contribution in [0.4, 0.5) is 25.0 Å². The van der Waals surface area contributed by atoms with E-state index in [9.17, 15) is 22.0 Å². The zero-order valence-corrected chi connectivity index (χ0v) is 14.1. The van der Waals surface area contributed by atoms with Crippen LogP contribution in [-0.2, 0) is 10.0 Å². The van der Waals surface area contributed by atoms with Crippen LogP contribution in [0, 0.1) is 11.6 Å². The number of hydrogen-bond donors (Lipinski definition) is 2. The lowest BCUT2D eigenvalue weighted by Gasteiger charge is -2.13. The van der Waals surface area contributed by atoms with E-state index in [1.807, 2.05) is 10.0 Å². The second-order valence-corrected chi connectivity index (χ2v) is 6.87. The maximum absolute atomic E-state index is 14.4. The molecular weight excluding hydrogens is 354 g/mol. The lowest BCUT2D eigenvalue weighted by atomic mass is 10.2. The Morgan fingerprint density at radius 3 is 2.44 bits per heavy atom. The van der Waals surface area contributed by atoms with Crippen LogP contribution in [0.5, 0.6) is 5.75 Å². The standard InChI is InChI=1S/C16H16F2N2O4S/c1-2-10-25(22,23)20-13-9-8-12(17)15(14(13)18)19-16(21)24-11-6-4-3-5-7-11/h3-9,20H,2,10H2,1H3,(H,19,21). The first-order valence-electron chi connectivity index (χ1n) is 7.34. The number of halogens is 2. The van der Waals surface area contributed by atoms with Crippen LogP contribution in [0.15, 0.2) is 42.5 Å². The van der Waals surface area contributed by atoms with E-state index in [-0.39, 0.29) is 11.5 Å². The molecule has 0 saturated heterocycles. The van der Waals surface area contributed by atoms with E-state index in [1.54, 1.807) is 25.1 Å². The summed E-state index contributed by atoms with van der Waals surface area (Å²) in [4.78, 5) is 11.8. The van der Waals surface area contributed by atoms with Crippen LogP contribution in [0.25, 0.3) is 0 Å². The maximum atomic E-state index is 14.4. The van der Waals surface area contributed by atoms with Gasteiger partial charge in [-0.15, -0.1) is 0 Å². The van der Waals surface area contributed by atoms with Crippen molar-refractivity contribution in [3.63, 3.8) is 0 Å². The highest BCUT2D eigenvalue weighted by atomic mass is 32.2. The van der Waals surface area contributed by atoms with Gasteiger partial charge in [-0.1, -0.05) is 25.1 Å². The second kappa shape index (κ2) is 7.93. The van der Waals surface area contributed by atoms with Crippen molar-refractivity contribution in [2.24, 2.45) is 0 Å². The summed E-state index contributed by atoms with van der Waals surface area (Å²) in [6.45, 7) is 1.65. The zero-order valence-electron chi connectivity index (χ0n) is 13.3. The number of benzene rings is 2. The predicted molar refractivity (Wildman–Crippen MR) is 90.1 cm³/mol. The predicted octanol–water partition coefficient (Wildman–Crippen LogP) is 3.73. The normalized spacial score (nSPS) is 11.0. The molecule has 2 N–H and O–H groups in total. The Labute approximate surface area is 143 Å². The molecule has 2 rings (SSSR count). The molecule has 2 aromatic carbocycles. The Hall–Kier alpha value is -2.68. The third-order valence-corrected chi connectivity index (χ3v) is 4.49. The first-order valence-corrected chi connectivity index (χ1v) is 9.00. The van der Waals surface area contributed by atoms with Crippen molar-refractivity contribution in [1.29, 1.82) is 0 Å². The van der Waals surface area contributed by atoms with Crippen molar-refractivity contribution in [1.82, 2.24) is 0 Å². The molecule has 134 valence electrons. The summed E-state index contributed by atoms with van der Waals surface area (Å²) in [5.74, 6) is -2.35. The number of anilines is 2. The van der Waals surface area contributed by atoms with Gasteiger partial charge < -0.3 is 4.74 Å². The van der Waals surface area contributed by atoms with E-state index in [0.717, 1.165) is 12.1 Å². The van der Waals surface area contributed by atoms with Gasteiger partial charge in [0.1, 0.15) is 17.3 Å². The van der Waals surface area contributed by atoms with Crippen molar-refractivity contribution < 1.29 is 26.7 Å². The third-order valence-electron chi connectivity index (χ3n) is 3.01. The number of carbonyl (C=O) groups is 1. The van der Waals surface area contributed by atoms with E-state index in [0.29, 0.717) is 6.42 Å². The van der Waals surface area contributed by atoms with Crippen molar-refractivity contribution in [3.05, 3.63) is 54.1 Å². The fourth-order valence-corrected chi connectivity index (χ4v) is 3.09. The Morgan fingerprint density at radius 1 is 1.12 bits per heavy atom. The van der Waals surface area contributed by atoms with E-state index in [2.05, 4.69) is 0 Å². The molecule has 0 unspecified atom stereocenters. The van der Waals surface area contributed by atoms with E-state index in [1.165, 1.54) is 12.1 Å². The molecule has 0 fully saturated rings. The summed E-state index contributed by atoms with van der Waals surface area (Å²) in [7, 11) is -3.77. The molecular formula is C16H16F2N2O4S. The minimum absolute atomic E-state index is 0.181. The molecule has 0 radical (unpaired) electrons. The molecule has 0 aliphatic heterocycles. The molecule has 0 heterocycles. The van der Waals surface area contributed by atoms with Crippen LogP contribution in [0.2, 0.25) is 0 Å². The molecule has 9 heteroatoms. The molecule has 0 aliphatic carbocycles. The van der Waals surface area contributed by atoms with Crippen LogP contribution in [0.3, 0.4) is 0 Å². The van der Waals surface area contributed by atoms with Gasteiger partial charge in [0.05, 0.1) is 11.4 Å². The topological polar surface area (TPSA) is 84.5 Å². The first-order chi connectivity index (χ1) is 11.8. The lowest BCUT2D eigenvalue weighted by molar-refractivity contribution is 0.215. The molecule has 2 aromatic rings. The highest BCUT2D eigenvalue weighted by molar-refractivity contribution is 7.92. The second-order valence-electron chi connectivity index (χ2n) is 5.03. The molecule has 0 spiro atoms. The Morgan fingerprint density at radius 2 is 1.80 bits per heavy atom. The summed E-state index contributed by atoms with van der Waals surface area (Å²) in [6, 6.07) is 9.69. The van der Waals surface area contributed by atoms with Gasteiger partial charge in [-0.2, -0.15) is 0 Å². The average molecular weight is 370 g/mol. The Kier molecular flexibility index (Phi) is 5.92. The van der Waals surface area contributed by atoms with Crippen LogP contribution in [0.1, 0.15) is 13.3 Å². The number of nitrogens with one attached hydrogen (secondary N) is 2. The SMILES string of the molecule is CCCS(=O)(=O)Nc1ccc(F)c(NC(=O)Oc2ccccc2)c1F. The fraction of sp³-hybridized carbons (Fsp3) is 0.188. The number of sulfonamides is 1. The van der Waals surface area contributed by atoms with Gasteiger partial charge in [-0.3, -0.25) is 10.0 Å². The number of ether oxygens (including phenoxy) is 1. The van der Waals surface area contributed by atoms with Crippen LogP contribution < -0.4 is 14.8 Å². The average Bonchev–Trinajstić information content (AvgIpc) is 2.55. The van der Waals surface area contributed by atoms with E-state index < -0.39 is 39.1 Å². The summed E-state index contributed by atoms with van der Waals surface area (Å²) in [6.07, 6.45) is -0.787. The van der Waals surface area contributed by atoms with Gasteiger partial charge in [0.2, 0.25) is 10.0 Å². The molecule has 1 amide bonds.